The predicted molar refractivity (Wildman–Crippen MR) is 73.0 cm³/mol. The zero-order valence-corrected chi connectivity index (χ0v) is 11.2. The zero-order chi connectivity index (χ0) is 11.5. The topological polar surface area (TPSA) is 58.3 Å². The molecule has 0 heterocycles. The number of rotatable bonds is 4. The van der Waals surface area contributed by atoms with Crippen LogP contribution in [-0.2, 0) is 0 Å². The third-order valence-electron chi connectivity index (χ3n) is 2.58. The van der Waals surface area contributed by atoms with Crippen molar-refractivity contribution in [1.29, 1.82) is 0 Å². The third kappa shape index (κ3) is 3.24. The molecule has 0 aliphatic carbocycles. The van der Waals surface area contributed by atoms with Gasteiger partial charge in [-0.2, -0.15) is 0 Å². The number of nitrogens with one attached hydrogen (secondary N) is 1. The highest BCUT2D eigenvalue weighted by Gasteiger charge is 2.21. The number of halogens is 1. The first-order valence-corrected chi connectivity index (χ1v) is 6.02. The van der Waals surface area contributed by atoms with Gasteiger partial charge in [-0.05, 0) is 54.1 Å². The summed E-state index contributed by atoms with van der Waals surface area (Å²) in [5.74, 6) is 0. The maximum absolute atomic E-state index is 9.29. The Morgan fingerprint density at radius 1 is 1.53 bits per heavy atom. The van der Waals surface area contributed by atoms with Crippen molar-refractivity contribution in [3.63, 3.8) is 0 Å². The molecule has 0 saturated heterocycles. The van der Waals surface area contributed by atoms with Crippen LogP contribution in [0.2, 0.25) is 0 Å². The van der Waals surface area contributed by atoms with Crippen LogP contribution in [0.1, 0.15) is 20.3 Å². The van der Waals surface area contributed by atoms with Crippen LogP contribution < -0.4 is 11.1 Å². The molecule has 1 aromatic rings. The number of aliphatic hydroxyl groups excluding tert-OH is 1. The molecule has 4 N–H and O–H groups in total. The molecule has 0 saturated carbocycles. The van der Waals surface area contributed by atoms with Crippen molar-refractivity contribution in [2.75, 3.05) is 17.7 Å². The van der Waals surface area contributed by atoms with E-state index >= 15 is 0 Å². The molecular weight excluding hydrogens is 303 g/mol. The summed E-state index contributed by atoms with van der Waals surface area (Å²) < 4.78 is 1.11. The molecular formula is C11H17IN2O. The van der Waals surface area contributed by atoms with E-state index in [9.17, 15) is 5.11 Å². The fourth-order valence-electron chi connectivity index (χ4n) is 1.21. The Morgan fingerprint density at radius 3 is 2.67 bits per heavy atom. The quantitative estimate of drug-likeness (QED) is 0.590. The summed E-state index contributed by atoms with van der Waals surface area (Å²) in [6.07, 6.45) is 0.842. The highest BCUT2D eigenvalue weighted by molar-refractivity contribution is 14.1. The lowest BCUT2D eigenvalue weighted by Gasteiger charge is -2.29. The monoisotopic (exact) mass is 320 g/mol. The third-order valence-corrected chi connectivity index (χ3v) is 3.25. The van der Waals surface area contributed by atoms with E-state index in [0.29, 0.717) is 0 Å². The zero-order valence-electron chi connectivity index (χ0n) is 9.05. The van der Waals surface area contributed by atoms with Gasteiger partial charge in [0.25, 0.3) is 0 Å². The molecule has 4 heteroatoms. The van der Waals surface area contributed by atoms with Crippen molar-refractivity contribution in [3.05, 3.63) is 21.8 Å². The predicted octanol–water partition coefficient (Wildman–Crippen LogP) is 2.45. The van der Waals surface area contributed by atoms with E-state index in [0.717, 1.165) is 21.4 Å². The molecule has 1 aromatic carbocycles. The van der Waals surface area contributed by atoms with Gasteiger partial charge in [-0.1, -0.05) is 6.92 Å². The minimum Gasteiger partial charge on any atom is -0.397 e. The van der Waals surface area contributed by atoms with Gasteiger partial charge in [0.2, 0.25) is 0 Å². The maximum Gasteiger partial charge on any atom is 0.0658 e. The Balaban J connectivity index is 2.89. The van der Waals surface area contributed by atoms with Crippen molar-refractivity contribution in [2.45, 2.75) is 25.8 Å². The smallest absolute Gasteiger partial charge is 0.0658 e. The summed E-state index contributed by atoms with van der Waals surface area (Å²) in [4.78, 5) is 0. The van der Waals surface area contributed by atoms with E-state index in [1.807, 2.05) is 32.0 Å². The van der Waals surface area contributed by atoms with Crippen LogP contribution in [0, 0.1) is 3.57 Å². The van der Waals surface area contributed by atoms with Gasteiger partial charge in [0.15, 0.2) is 0 Å². The molecule has 0 spiro atoms. The van der Waals surface area contributed by atoms with Gasteiger partial charge in [0.05, 0.1) is 23.5 Å². The van der Waals surface area contributed by atoms with Gasteiger partial charge >= 0.3 is 0 Å². The fourth-order valence-corrected chi connectivity index (χ4v) is 1.73. The number of anilines is 2. The Hall–Kier alpha value is -0.490. The summed E-state index contributed by atoms with van der Waals surface area (Å²) in [6.45, 7) is 4.10. The minimum absolute atomic E-state index is 0.0922. The molecule has 3 nitrogen and oxygen atoms in total. The fraction of sp³-hybridized carbons (Fsp3) is 0.455. The second kappa shape index (κ2) is 5.03. The number of hydrogen-bond acceptors (Lipinski definition) is 3. The molecule has 0 aromatic heterocycles. The van der Waals surface area contributed by atoms with Crippen molar-refractivity contribution in [3.8, 4) is 0 Å². The van der Waals surface area contributed by atoms with Gasteiger partial charge in [-0.3, -0.25) is 0 Å². The second-order valence-corrected chi connectivity index (χ2v) is 5.17. The summed E-state index contributed by atoms with van der Waals surface area (Å²) in [6, 6.07) is 5.85. The molecule has 1 rings (SSSR count). The normalized spacial score (nSPS) is 14.7. The number of hydrogen-bond donors (Lipinski definition) is 3. The van der Waals surface area contributed by atoms with E-state index in [1.165, 1.54) is 0 Å². The molecule has 0 bridgehead atoms. The lowest BCUT2D eigenvalue weighted by atomic mass is 9.99. The Labute approximate surface area is 104 Å². The standard InChI is InChI=1S/C11H17IN2O/c1-3-11(2,7-15)14-10-5-4-8(12)6-9(10)13/h4-6,14-15H,3,7,13H2,1-2H3. The van der Waals surface area contributed by atoms with Gasteiger partial charge in [-0.25, -0.2) is 0 Å². The Kier molecular flexibility index (Phi) is 4.21. The van der Waals surface area contributed by atoms with Crippen molar-refractivity contribution >= 4 is 34.0 Å². The largest absolute Gasteiger partial charge is 0.397 e. The van der Waals surface area contributed by atoms with E-state index in [4.69, 9.17) is 5.73 Å². The van der Waals surface area contributed by atoms with Gasteiger partial charge < -0.3 is 16.2 Å². The van der Waals surface area contributed by atoms with Crippen LogP contribution in [0.25, 0.3) is 0 Å². The van der Waals surface area contributed by atoms with E-state index in [2.05, 4.69) is 27.9 Å². The van der Waals surface area contributed by atoms with Crippen LogP contribution in [-0.4, -0.2) is 17.3 Å². The van der Waals surface area contributed by atoms with Crippen molar-refractivity contribution < 1.29 is 5.11 Å². The summed E-state index contributed by atoms with van der Waals surface area (Å²) in [5, 5.41) is 12.6. The number of benzene rings is 1. The lowest BCUT2D eigenvalue weighted by molar-refractivity contribution is 0.219. The first-order valence-electron chi connectivity index (χ1n) is 4.95. The first-order chi connectivity index (χ1) is 7.00. The first kappa shape index (κ1) is 12.6. The average molecular weight is 320 g/mol. The van der Waals surface area contributed by atoms with Crippen molar-refractivity contribution in [2.24, 2.45) is 0 Å². The Bertz CT molecular complexity index is 337. The summed E-state index contributed by atoms with van der Waals surface area (Å²) in [5.41, 5.74) is 7.19. The highest BCUT2D eigenvalue weighted by atomic mass is 127. The summed E-state index contributed by atoms with van der Waals surface area (Å²) >= 11 is 2.22. The lowest BCUT2D eigenvalue weighted by Crippen LogP contribution is -2.38. The van der Waals surface area contributed by atoms with E-state index in [-0.39, 0.29) is 12.1 Å². The molecule has 0 radical (unpaired) electrons. The van der Waals surface area contributed by atoms with Crippen LogP contribution >= 0.6 is 22.6 Å². The molecule has 0 aliphatic heterocycles. The molecule has 1 unspecified atom stereocenters. The summed E-state index contributed by atoms with van der Waals surface area (Å²) in [7, 11) is 0. The minimum atomic E-state index is -0.305. The highest BCUT2D eigenvalue weighted by Crippen LogP contribution is 2.25. The van der Waals surface area contributed by atoms with Crippen LogP contribution in [0.3, 0.4) is 0 Å². The molecule has 15 heavy (non-hydrogen) atoms. The number of nitrogens with two attached hydrogens (primary N) is 1. The van der Waals surface area contributed by atoms with Crippen LogP contribution in [0.15, 0.2) is 18.2 Å². The van der Waals surface area contributed by atoms with Crippen molar-refractivity contribution in [1.82, 2.24) is 0 Å². The molecule has 0 aliphatic rings. The molecule has 0 amide bonds. The number of aliphatic hydroxyl groups is 1. The number of nitrogen functional groups attached to an aromatic ring is 1. The van der Waals surface area contributed by atoms with Gasteiger partial charge in [-0.15, -0.1) is 0 Å². The molecule has 84 valence electrons. The van der Waals surface area contributed by atoms with Gasteiger partial charge in [0.1, 0.15) is 0 Å². The van der Waals surface area contributed by atoms with Gasteiger partial charge in [0, 0.05) is 3.57 Å². The maximum atomic E-state index is 9.29. The second-order valence-electron chi connectivity index (χ2n) is 3.93. The average Bonchev–Trinajstić information content (AvgIpc) is 2.22. The molecule has 1 atom stereocenters. The van der Waals surface area contributed by atoms with E-state index in [1.54, 1.807) is 0 Å². The van der Waals surface area contributed by atoms with Crippen LogP contribution in [0.4, 0.5) is 11.4 Å². The Morgan fingerprint density at radius 2 is 2.20 bits per heavy atom. The SMILES string of the molecule is CCC(C)(CO)Nc1ccc(I)cc1N. The van der Waals surface area contributed by atoms with Crippen LogP contribution in [0.5, 0.6) is 0 Å². The van der Waals surface area contributed by atoms with E-state index < -0.39 is 0 Å². The molecule has 0 fully saturated rings.